The van der Waals surface area contributed by atoms with Crippen molar-refractivity contribution < 1.29 is 14.4 Å². The summed E-state index contributed by atoms with van der Waals surface area (Å²) in [5.41, 5.74) is 3.96. The Balaban J connectivity index is 1.48. The number of nitro benzene ring substituents is 1. The summed E-state index contributed by atoms with van der Waals surface area (Å²) < 4.78 is 10.8. The molecule has 2 aromatic carbocycles. The van der Waals surface area contributed by atoms with Crippen LogP contribution >= 0.6 is 0 Å². The average molecular weight is 370 g/mol. The summed E-state index contributed by atoms with van der Waals surface area (Å²) in [4.78, 5) is 12.8. The number of unbranched alkanes of at least 4 members (excludes halogenated alkanes) is 1. The van der Waals surface area contributed by atoms with Gasteiger partial charge in [0.1, 0.15) is 0 Å². The molecule has 1 heterocycles. The molecule has 0 bridgehead atoms. The molecule has 6 nitrogen and oxygen atoms in total. The molecular formula is C21H26N2O4. The van der Waals surface area contributed by atoms with Crippen LogP contribution in [0.4, 0.5) is 5.69 Å². The fourth-order valence-corrected chi connectivity index (χ4v) is 3.58. The standard InChI is InChI=1S/C21H26N2O4/c1-26-20-13-17-10-12-22(15-18(17)14-21(20)27-2)11-4-3-5-16-6-8-19(9-7-16)23(24)25/h6-9,13-14H,3-5,10-12,15H2,1-2H3. The third-order valence-electron chi connectivity index (χ3n) is 5.13. The highest BCUT2D eigenvalue weighted by Gasteiger charge is 2.19. The van der Waals surface area contributed by atoms with Gasteiger partial charge in [0.2, 0.25) is 0 Å². The van der Waals surface area contributed by atoms with Crippen LogP contribution in [0.15, 0.2) is 36.4 Å². The van der Waals surface area contributed by atoms with E-state index in [1.54, 1.807) is 26.4 Å². The zero-order valence-corrected chi connectivity index (χ0v) is 15.9. The monoisotopic (exact) mass is 370 g/mol. The number of benzene rings is 2. The molecule has 2 aromatic rings. The Morgan fingerprint density at radius 1 is 1.04 bits per heavy atom. The first-order valence-electron chi connectivity index (χ1n) is 9.30. The van der Waals surface area contributed by atoms with E-state index in [1.807, 2.05) is 12.1 Å². The maximum atomic E-state index is 10.7. The Labute approximate surface area is 159 Å². The van der Waals surface area contributed by atoms with Crippen molar-refractivity contribution in [3.63, 3.8) is 0 Å². The van der Waals surface area contributed by atoms with E-state index >= 15 is 0 Å². The van der Waals surface area contributed by atoms with Gasteiger partial charge in [0.15, 0.2) is 11.5 Å². The molecule has 0 radical (unpaired) electrons. The normalized spacial score (nSPS) is 13.9. The second-order valence-electron chi connectivity index (χ2n) is 6.88. The van der Waals surface area contributed by atoms with Crippen LogP contribution in [-0.2, 0) is 19.4 Å². The third-order valence-corrected chi connectivity index (χ3v) is 5.13. The van der Waals surface area contributed by atoms with Gasteiger partial charge in [-0.05, 0) is 61.1 Å². The van der Waals surface area contributed by atoms with Crippen molar-refractivity contribution in [3.05, 3.63) is 63.2 Å². The lowest BCUT2D eigenvalue weighted by atomic mass is 9.98. The zero-order chi connectivity index (χ0) is 19.2. The van der Waals surface area contributed by atoms with Crippen molar-refractivity contribution in [1.29, 1.82) is 0 Å². The number of nitrogens with zero attached hydrogens (tertiary/aromatic N) is 2. The number of fused-ring (bicyclic) bond motifs is 1. The van der Waals surface area contributed by atoms with Crippen LogP contribution in [0, 0.1) is 10.1 Å². The molecule has 0 atom stereocenters. The number of non-ortho nitro benzene ring substituents is 1. The van der Waals surface area contributed by atoms with E-state index in [-0.39, 0.29) is 10.6 Å². The van der Waals surface area contributed by atoms with Gasteiger partial charge in [-0.1, -0.05) is 12.1 Å². The van der Waals surface area contributed by atoms with E-state index in [2.05, 4.69) is 17.0 Å². The maximum absolute atomic E-state index is 10.7. The average Bonchev–Trinajstić information content (AvgIpc) is 2.70. The SMILES string of the molecule is COc1cc2c(cc1OC)CN(CCCCc1ccc([N+](=O)[O-])cc1)CC2. The molecule has 6 heteroatoms. The molecule has 144 valence electrons. The number of methoxy groups -OCH3 is 2. The second-order valence-corrected chi connectivity index (χ2v) is 6.88. The molecule has 3 rings (SSSR count). The molecule has 0 spiro atoms. The number of hydrogen-bond donors (Lipinski definition) is 0. The van der Waals surface area contributed by atoms with Gasteiger partial charge in [-0.25, -0.2) is 0 Å². The van der Waals surface area contributed by atoms with Crippen LogP contribution in [0.1, 0.15) is 29.5 Å². The fraction of sp³-hybridized carbons (Fsp3) is 0.429. The van der Waals surface area contributed by atoms with Gasteiger partial charge >= 0.3 is 0 Å². The quantitative estimate of drug-likeness (QED) is 0.399. The van der Waals surface area contributed by atoms with E-state index in [1.165, 1.54) is 11.1 Å². The molecule has 0 saturated heterocycles. The van der Waals surface area contributed by atoms with E-state index < -0.39 is 0 Å². The van der Waals surface area contributed by atoms with E-state index in [9.17, 15) is 10.1 Å². The summed E-state index contributed by atoms with van der Waals surface area (Å²) in [6.45, 7) is 3.05. The van der Waals surface area contributed by atoms with Gasteiger partial charge in [-0.15, -0.1) is 0 Å². The predicted molar refractivity (Wildman–Crippen MR) is 105 cm³/mol. The number of rotatable bonds is 8. The summed E-state index contributed by atoms with van der Waals surface area (Å²) >= 11 is 0. The predicted octanol–water partition coefficient (Wildman–Crippen LogP) is 3.99. The van der Waals surface area contributed by atoms with Gasteiger partial charge in [0, 0.05) is 25.2 Å². The molecule has 0 aromatic heterocycles. The topological polar surface area (TPSA) is 64.8 Å². The van der Waals surface area contributed by atoms with Crippen molar-refractivity contribution >= 4 is 5.69 Å². The number of ether oxygens (including phenoxy) is 2. The van der Waals surface area contributed by atoms with Crippen molar-refractivity contribution in [1.82, 2.24) is 4.90 Å². The van der Waals surface area contributed by atoms with E-state index in [0.29, 0.717) is 0 Å². The second kappa shape index (κ2) is 8.86. The molecule has 27 heavy (non-hydrogen) atoms. The summed E-state index contributed by atoms with van der Waals surface area (Å²) in [5.74, 6) is 1.59. The molecule has 0 amide bonds. The highest BCUT2D eigenvalue weighted by Crippen LogP contribution is 2.33. The first-order valence-corrected chi connectivity index (χ1v) is 9.30. The van der Waals surface area contributed by atoms with Crippen LogP contribution in [0.25, 0.3) is 0 Å². The Morgan fingerprint density at radius 2 is 1.70 bits per heavy atom. The van der Waals surface area contributed by atoms with Gasteiger partial charge in [-0.2, -0.15) is 0 Å². The molecule has 1 aliphatic rings. The van der Waals surface area contributed by atoms with E-state index in [0.717, 1.165) is 62.4 Å². The lowest BCUT2D eigenvalue weighted by molar-refractivity contribution is -0.384. The van der Waals surface area contributed by atoms with Crippen LogP contribution < -0.4 is 9.47 Å². The third kappa shape index (κ3) is 4.77. The molecule has 0 N–H and O–H groups in total. The molecule has 0 fully saturated rings. The summed E-state index contributed by atoms with van der Waals surface area (Å²) in [5, 5.41) is 10.7. The lowest BCUT2D eigenvalue weighted by Gasteiger charge is -2.29. The number of nitro groups is 1. The van der Waals surface area contributed by atoms with Crippen LogP contribution in [0.3, 0.4) is 0 Å². The first-order chi connectivity index (χ1) is 13.1. The van der Waals surface area contributed by atoms with Crippen LogP contribution in [0.2, 0.25) is 0 Å². The van der Waals surface area contributed by atoms with Crippen molar-refractivity contribution in [2.75, 3.05) is 27.3 Å². The Morgan fingerprint density at radius 3 is 2.33 bits per heavy atom. The minimum Gasteiger partial charge on any atom is -0.493 e. The smallest absolute Gasteiger partial charge is 0.269 e. The fourth-order valence-electron chi connectivity index (χ4n) is 3.58. The number of aryl methyl sites for hydroxylation is 1. The minimum atomic E-state index is -0.359. The van der Waals surface area contributed by atoms with Crippen molar-refractivity contribution in [2.45, 2.75) is 32.2 Å². The highest BCUT2D eigenvalue weighted by molar-refractivity contribution is 5.48. The highest BCUT2D eigenvalue weighted by atomic mass is 16.6. The molecule has 1 aliphatic heterocycles. The van der Waals surface area contributed by atoms with Gasteiger partial charge in [0.25, 0.3) is 5.69 Å². The van der Waals surface area contributed by atoms with Crippen LogP contribution in [0.5, 0.6) is 11.5 Å². The van der Waals surface area contributed by atoms with Gasteiger partial charge in [0.05, 0.1) is 19.1 Å². The van der Waals surface area contributed by atoms with Gasteiger partial charge < -0.3 is 9.47 Å². The Hall–Kier alpha value is -2.60. The van der Waals surface area contributed by atoms with Gasteiger partial charge in [-0.3, -0.25) is 15.0 Å². The van der Waals surface area contributed by atoms with Crippen LogP contribution in [-0.4, -0.2) is 37.1 Å². The molecular weight excluding hydrogens is 344 g/mol. The number of hydrogen-bond acceptors (Lipinski definition) is 5. The molecule has 0 unspecified atom stereocenters. The van der Waals surface area contributed by atoms with E-state index in [4.69, 9.17) is 9.47 Å². The Bertz CT molecular complexity index is 790. The van der Waals surface area contributed by atoms with Crippen molar-refractivity contribution in [3.8, 4) is 11.5 Å². The maximum Gasteiger partial charge on any atom is 0.269 e. The zero-order valence-electron chi connectivity index (χ0n) is 15.9. The largest absolute Gasteiger partial charge is 0.493 e. The lowest BCUT2D eigenvalue weighted by Crippen LogP contribution is -2.31. The molecule has 0 saturated carbocycles. The molecule has 0 aliphatic carbocycles. The summed E-state index contributed by atoms with van der Waals surface area (Å²) in [7, 11) is 3.34. The minimum absolute atomic E-state index is 0.151. The summed E-state index contributed by atoms with van der Waals surface area (Å²) in [6.07, 6.45) is 4.16. The van der Waals surface area contributed by atoms with Crippen molar-refractivity contribution in [2.24, 2.45) is 0 Å². The first kappa shape index (κ1) is 19.2. The Kier molecular flexibility index (Phi) is 6.29. The summed E-state index contributed by atoms with van der Waals surface area (Å²) in [6, 6.07) is 11.1.